The third kappa shape index (κ3) is 6.92. The van der Waals surface area contributed by atoms with E-state index >= 15 is 0 Å². The summed E-state index contributed by atoms with van der Waals surface area (Å²) in [6.45, 7) is 4.68. The molecule has 1 heterocycles. The minimum atomic E-state index is -0.0412. The van der Waals surface area contributed by atoms with Crippen molar-refractivity contribution < 1.29 is 4.42 Å². The van der Waals surface area contributed by atoms with E-state index in [-0.39, 0.29) is 5.41 Å². The molecule has 4 heteroatoms. The molecule has 1 aliphatic rings. The summed E-state index contributed by atoms with van der Waals surface area (Å²) in [7, 11) is 0. The molecule has 0 unspecified atom stereocenters. The van der Waals surface area contributed by atoms with Crippen LogP contribution in [0, 0.1) is 0 Å². The van der Waals surface area contributed by atoms with E-state index < -0.39 is 0 Å². The van der Waals surface area contributed by atoms with E-state index in [1.54, 1.807) is 0 Å². The number of hydrogen-bond acceptors (Lipinski definition) is 4. The topological polar surface area (TPSA) is 42.2 Å². The first-order valence-corrected chi connectivity index (χ1v) is 21.5. The molecule has 0 atom stereocenters. The molecule has 0 N–H and O–H groups in total. The zero-order chi connectivity index (χ0) is 42.3. The summed E-state index contributed by atoms with van der Waals surface area (Å²) in [4.78, 5) is 2.33. The summed E-state index contributed by atoms with van der Waals surface area (Å²) in [5, 5.41) is 8.63. The Morgan fingerprint density at radius 1 is 0.317 bits per heavy atom. The van der Waals surface area contributed by atoms with Gasteiger partial charge in [0, 0.05) is 33.6 Å². The van der Waals surface area contributed by atoms with Crippen LogP contribution in [0.1, 0.15) is 25.0 Å². The predicted octanol–water partition coefficient (Wildman–Crippen LogP) is 15.8. The number of nitrogens with zero attached hydrogens (tertiary/aromatic N) is 3. The van der Waals surface area contributed by atoms with Crippen molar-refractivity contribution in [1.82, 2.24) is 10.2 Å². The second-order valence-electron chi connectivity index (χ2n) is 16.6. The molecule has 4 nitrogen and oxygen atoms in total. The van der Waals surface area contributed by atoms with Gasteiger partial charge in [0.25, 0.3) is 0 Å². The lowest BCUT2D eigenvalue weighted by Crippen LogP contribution is -2.14. The van der Waals surface area contributed by atoms with Crippen molar-refractivity contribution in [3.05, 3.63) is 236 Å². The molecule has 0 fully saturated rings. The van der Waals surface area contributed by atoms with Gasteiger partial charge in [-0.3, -0.25) is 0 Å². The molecule has 9 aromatic carbocycles. The lowest BCUT2D eigenvalue weighted by atomic mass is 9.81. The van der Waals surface area contributed by atoms with Gasteiger partial charge < -0.3 is 9.32 Å². The molecule has 0 radical (unpaired) electrons. The molecule has 0 bridgehead atoms. The molecule has 1 aliphatic carbocycles. The van der Waals surface area contributed by atoms with Gasteiger partial charge in [0.1, 0.15) is 0 Å². The third-order valence-electron chi connectivity index (χ3n) is 12.5. The van der Waals surface area contributed by atoms with Gasteiger partial charge in [-0.2, -0.15) is 0 Å². The van der Waals surface area contributed by atoms with Crippen LogP contribution in [0.15, 0.2) is 229 Å². The van der Waals surface area contributed by atoms with E-state index in [4.69, 9.17) is 4.42 Å². The maximum absolute atomic E-state index is 6.05. The molecule has 11 rings (SSSR count). The Kier molecular flexibility index (Phi) is 9.47. The first-order valence-electron chi connectivity index (χ1n) is 21.5. The van der Waals surface area contributed by atoms with Crippen molar-refractivity contribution in [3.8, 4) is 78.5 Å². The number of para-hydroxylation sites is 1. The van der Waals surface area contributed by atoms with Gasteiger partial charge in [-0.25, -0.2) is 0 Å². The summed E-state index contributed by atoms with van der Waals surface area (Å²) < 4.78 is 6.05. The first kappa shape index (κ1) is 37.9. The smallest absolute Gasteiger partial charge is 0.248 e. The maximum Gasteiger partial charge on any atom is 0.248 e. The van der Waals surface area contributed by atoms with Crippen LogP contribution in [-0.4, -0.2) is 10.2 Å². The SMILES string of the molecule is CC1(C)c2ccccc2-c2ccc(-c3ccc(N(c4ccccc4)c4ccc(-c5ccccc5-c5ccccc5-c5ccc(-c6nnc(-c7ccccc7)o6)cc5)cc4)cc3)cc21. The number of anilines is 3. The highest BCUT2D eigenvalue weighted by molar-refractivity contribution is 5.92. The molecular formula is C59H43N3O. The molecule has 0 saturated heterocycles. The lowest BCUT2D eigenvalue weighted by Gasteiger charge is -2.26. The van der Waals surface area contributed by atoms with Gasteiger partial charge in [0.05, 0.1) is 0 Å². The first-order chi connectivity index (χ1) is 31.0. The Bertz CT molecular complexity index is 3220. The summed E-state index contributed by atoms with van der Waals surface area (Å²) in [6.07, 6.45) is 0. The van der Waals surface area contributed by atoms with Crippen LogP contribution >= 0.6 is 0 Å². The largest absolute Gasteiger partial charge is 0.416 e. The second-order valence-corrected chi connectivity index (χ2v) is 16.6. The summed E-state index contributed by atoms with van der Waals surface area (Å²) in [5.74, 6) is 1.00. The van der Waals surface area contributed by atoms with Gasteiger partial charge in [-0.05, 0) is 133 Å². The molecule has 63 heavy (non-hydrogen) atoms. The van der Waals surface area contributed by atoms with E-state index in [0.29, 0.717) is 11.8 Å². The highest BCUT2D eigenvalue weighted by Gasteiger charge is 2.35. The fourth-order valence-electron chi connectivity index (χ4n) is 9.27. The Morgan fingerprint density at radius 2 is 0.714 bits per heavy atom. The quantitative estimate of drug-likeness (QED) is 0.146. The zero-order valence-electron chi connectivity index (χ0n) is 35.1. The van der Waals surface area contributed by atoms with Gasteiger partial charge >= 0.3 is 0 Å². The number of rotatable bonds is 9. The van der Waals surface area contributed by atoms with E-state index in [1.165, 1.54) is 44.5 Å². The lowest BCUT2D eigenvalue weighted by molar-refractivity contribution is 0.584. The average Bonchev–Trinajstić information content (AvgIpc) is 3.94. The highest BCUT2D eigenvalue weighted by atomic mass is 16.4. The molecule has 0 spiro atoms. The Morgan fingerprint density at radius 3 is 1.30 bits per heavy atom. The number of aromatic nitrogens is 2. The van der Waals surface area contributed by atoms with Crippen molar-refractivity contribution in [2.24, 2.45) is 0 Å². The van der Waals surface area contributed by atoms with Crippen LogP contribution in [0.3, 0.4) is 0 Å². The molecule has 0 saturated carbocycles. The van der Waals surface area contributed by atoms with Gasteiger partial charge in [0.2, 0.25) is 11.8 Å². The number of hydrogen-bond donors (Lipinski definition) is 0. The minimum absolute atomic E-state index is 0.0412. The normalized spacial score (nSPS) is 12.4. The highest BCUT2D eigenvalue weighted by Crippen LogP contribution is 2.50. The predicted molar refractivity (Wildman–Crippen MR) is 259 cm³/mol. The standard InChI is InChI=1S/C59H43N3O/c1-59(2)55-24-14-13-23-53(55)54-38-33-45(39-56(54)59)40-29-34-47(35-30-40)62(46-17-7-4-8-18-46)48-36-31-42(32-37-48)50-20-10-12-22-52(50)51-21-11-9-19-49(51)41-25-27-44(28-26-41)58-61-60-57(63-58)43-15-5-3-6-16-43/h3-39H,1-2H3. The molecule has 0 amide bonds. The Hall–Kier alpha value is -8.08. The van der Waals surface area contributed by atoms with E-state index in [9.17, 15) is 0 Å². The number of benzene rings is 9. The summed E-state index contributed by atoms with van der Waals surface area (Å²) >= 11 is 0. The van der Waals surface area contributed by atoms with Gasteiger partial charge in [-0.15, -0.1) is 10.2 Å². The molecular weight excluding hydrogens is 767 g/mol. The number of fused-ring (bicyclic) bond motifs is 3. The Labute approximate surface area is 368 Å². The minimum Gasteiger partial charge on any atom is -0.416 e. The van der Waals surface area contributed by atoms with Crippen molar-refractivity contribution >= 4 is 17.1 Å². The van der Waals surface area contributed by atoms with Crippen LogP contribution in [0.5, 0.6) is 0 Å². The van der Waals surface area contributed by atoms with E-state index in [2.05, 4.69) is 223 Å². The van der Waals surface area contributed by atoms with Crippen LogP contribution in [0.25, 0.3) is 78.5 Å². The summed E-state index contributed by atoms with van der Waals surface area (Å²) in [5.41, 5.74) is 19.8. The summed E-state index contributed by atoms with van der Waals surface area (Å²) in [6, 6.07) is 79.9. The van der Waals surface area contributed by atoms with Crippen LogP contribution in [0.2, 0.25) is 0 Å². The molecule has 1 aromatic heterocycles. The Balaban J connectivity index is 0.886. The van der Waals surface area contributed by atoms with Crippen LogP contribution in [-0.2, 0) is 5.41 Å². The van der Waals surface area contributed by atoms with Crippen LogP contribution < -0.4 is 4.90 Å². The fourth-order valence-corrected chi connectivity index (χ4v) is 9.27. The zero-order valence-corrected chi connectivity index (χ0v) is 35.1. The van der Waals surface area contributed by atoms with Crippen LogP contribution in [0.4, 0.5) is 17.1 Å². The van der Waals surface area contributed by atoms with E-state index in [1.807, 2.05) is 30.3 Å². The fraction of sp³-hybridized carbons (Fsp3) is 0.0508. The monoisotopic (exact) mass is 809 g/mol. The van der Waals surface area contributed by atoms with E-state index in [0.717, 1.165) is 50.4 Å². The van der Waals surface area contributed by atoms with Gasteiger partial charge in [0.15, 0.2) is 0 Å². The maximum atomic E-state index is 6.05. The van der Waals surface area contributed by atoms with Crippen molar-refractivity contribution in [3.63, 3.8) is 0 Å². The average molecular weight is 810 g/mol. The molecule has 10 aromatic rings. The van der Waals surface area contributed by atoms with Gasteiger partial charge in [-0.1, -0.05) is 172 Å². The second kappa shape index (κ2) is 15.7. The third-order valence-corrected chi connectivity index (χ3v) is 12.5. The van der Waals surface area contributed by atoms with Crippen molar-refractivity contribution in [2.75, 3.05) is 4.90 Å². The van der Waals surface area contributed by atoms with Crippen molar-refractivity contribution in [2.45, 2.75) is 19.3 Å². The van der Waals surface area contributed by atoms with Crippen molar-refractivity contribution in [1.29, 1.82) is 0 Å². The molecule has 300 valence electrons. The molecule has 0 aliphatic heterocycles.